The van der Waals surface area contributed by atoms with Gasteiger partial charge in [-0.05, 0) is 24.6 Å². The van der Waals surface area contributed by atoms with Crippen molar-refractivity contribution in [1.29, 1.82) is 0 Å². The Bertz CT molecular complexity index is 304. The van der Waals surface area contributed by atoms with Crippen molar-refractivity contribution in [2.75, 3.05) is 13.1 Å². The second-order valence-electron chi connectivity index (χ2n) is 4.01. The average molecular weight is 193 g/mol. The molecule has 0 aromatic heterocycles. The molecule has 0 atom stereocenters. The average Bonchev–Trinajstić information content (AvgIpc) is 2.14. The van der Waals surface area contributed by atoms with E-state index in [1.807, 2.05) is 12.1 Å². The van der Waals surface area contributed by atoms with Gasteiger partial charge in [-0.3, -0.25) is 0 Å². The van der Waals surface area contributed by atoms with Crippen molar-refractivity contribution in [1.82, 2.24) is 5.32 Å². The van der Waals surface area contributed by atoms with Gasteiger partial charge in [0.05, 0.1) is 12.2 Å². The van der Waals surface area contributed by atoms with E-state index in [2.05, 4.69) is 12.2 Å². The van der Waals surface area contributed by atoms with E-state index >= 15 is 0 Å². The smallest absolute Gasteiger partial charge is 0.115 e. The third-order valence-electron chi connectivity index (χ3n) is 2.52. The fourth-order valence-corrected chi connectivity index (χ4v) is 1.43. The van der Waals surface area contributed by atoms with E-state index in [9.17, 15) is 0 Å². The Kier molecular flexibility index (Phi) is 2.44. The van der Waals surface area contributed by atoms with Crippen molar-refractivity contribution < 1.29 is 9.84 Å². The van der Waals surface area contributed by atoms with Crippen molar-refractivity contribution in [3.8, 4) is 5.75 Å². The molecule has 14 heavy (non-hydrogen) atoms. The maximum absolute atomic E-state index is 9.09. The molecule has 1 fully saturated rings. The zero-order valence-electron chi connectivity index (χ0n) is 8.29. The topological polar surface area (TPSA) is 41.5 Å². The Hall–Kier alpha value is -1.06. The number of hydrogen-bond donors (Lipinski definition) is 2. The number of phenolic OH excluding ortho intramolecular Hbond substituents is 1. The molecule has 1 aliphatic heterocycles. The van der Waals surface area contributed by atoms with Gasteiger partial charge in [0.25, 0.3) is 0 Å². The lowest BCUT2D eigenvalue weighted by Crippen LogP contribution is -2.58. The van der Waals surface area contributed by atoms with Crippen LogP contribution in [0.4, 0.5) is 0 Å². The Balaban J connectivity index is 1.88. The lowest BCUT2D eigenvalue weighted by molar-refractivity contribution is -0.0767. The summed E-state index contributed by atoms with van der Waals surface area (Å²) in [6.07, 6.45) is 0. The molecule has 1 aliphatic rings. The van der Waals surface area contributed by atoms with Gasteiger partial charge < -0.3 is 15.2 Å². The number of phenols is 1. The van der Waals surface area contributed by atoms with Gasteiger partial charge in [0.2, 0.25) is 0 Å². The van der Waals surface area contributed by atoms with Crippen molar-refractivity contribution in [2.45, 2.75) is 19.1 Å². The van der Waals surface area contributed by atoms with E-state index in [1.165, 1.54) is 0 Å². The van der Waals surface area contributed by atoms with Crippen LogP contribution in [0, 0.1) is 0 Å². The standard InChI is InChI=1S/C11H15NO2/c1-11(7-12-8-11)14-6-9-2-4-10(13)5-3-9/h2-5,12-13H,6-8H2,1H3. The molecular weight excluding hydrogens is 178 g/mol. The van der Waals surface area contributed by atoms with E-state index in [1.54, 1.807) is 12.1 Å². The molecule has 0 amide bonds. The van der Waals surface area contributed by atoms with Crippen molar-refractivity contribution >= 4 is 0 Å². The van der Waals surface area contributed by atoms with Crippen LogP contribution in [0.1, 0.15) is 12.5 Å². The van der Waals surface area contributed by atoms with E-state index in [-0.39, 0.29) is 5.60 Å². The summed E-state index contributed by atoms with van der Waals surface area (Å²) < 4.78 is 5.75. The summed E-state index contributed by atoms with van der Waals surface area (Å²) in [5, 5.41) is 12.3. The van der Waals surface area contributed by atoms with E-state index in [4.69, 9.17) is 9.84 Å². The lowest BCUT2D eigenvalue weighted by Gasteiger charge is -2.39. The van der Waals surface area contributed by atoms with Crippen LogP contribution in [-0.4, -0.2) is 23.8 Å². The molecule has 2 N–H and O–H groups in total. The molecule has 0 saturated carbocycles. The van der Waals surface area contributed by atoms with Gasteiger partial charge in [-0.15, -0.1) is 0 Å². The first-order valence-electron chi connectivity index (χ1n) is 4.81. The molecule has 1 saturated heterocycles. The highest BCUT2D eigenvalue weighted by molar-refractivity contribution is 5.25. The number of aromatic hydroxyl groups is 1. The lowest BCUT2D eigenvalue weighted by atomic mass is 10.00. The second kappa shape index (κ2) is 3.59. The number of nitrogens with one attached hydrogen (secondary N) is 1. The van der Waals surface area contributed by atoms with E-state index < -0.39 is 0 Å². The van der Waals surface area contributed by atoms with Crippen molar-refractivity contribution in [3.63, 3.8) is 0 Å². The van der Waals surface area contributed by atoms with Crippen molar-refractivity contribution in [2.24, 2.45) is 0 Å². The van der Waals surface area contributed by atoms with Gasteiger partial charge in [-0.1, -0.05) is 12.1 Å². The van der Waals surface area contributed by atoms with Crippen LogP contribution in [0.25, 0.3) is 0 Å². The maximum atomic E-state index is 9.09. The first-order valence-corrected chi connectivity index (χ1v) is 4.81. The Morgan fingerprint density at radius 3 is 2.50 bits per heavy atom. The molecule has 0 radical (unpaired) electrons. The number of benzene rings is 1. The largest absolute Gasteiger partial charge is 0.508 e. The first kappa shape index (κ1) is 9.49. The third-order valence-corrected chi connectivity index (χ3v) is 2.52. The van der Waals surface area contributed by atoms with Gasteiger partial charge in [0.15, 0.2) is 0 Å². The molecule has 76 valence electrons. The predicted molar refractivity (Wildman–Crippen MR) is 54.2 cm³/mol. The highest BCUT2D eigenvalue weighted by atomic mass is 16.5. The molecule has 1 aromatic rings. The van der Waals surface area contributed by atoms with Gasteiger partial charge in [0, 0.05) is 13.1 Å². The highest BCUT2D eigenvalue weighted by Gasteiger charge is 2.32. The first-order chi connectivity index (χ1) is 6.68. The number of ether oxygens (including phenoxy) is 1. The summed E-state index contributed by atoms with van der Waals surface area (Å²) in [6, 6.07) is 7.12. The molecule has 1 aromatic carbocycles. The summed E-state index contributed by atoms with van der Waals surface area (Å²) >= 11 is 0. The minimum Gasteiger partial charge on any atom is -0.508 e. The van der Waals surface area contributed by atoms with Crippen LogP contribution in [0.3, 0.4) is 0 Å². The van der Waals surface area contributed by atoms with Gasteiger partial charge in [0.1, 0.15) is 5.75 Å². The summed E-state index contributed by atoms with van der Waals surface area (Å²) in [4.78, 5) is 0. The van der Waals surface area contributed by atoms with Crippen LogP contribution in [0.15, 0.2) is 24.3 Å². The Labute approximate surface area is 83.7 Å². The zero-order chi connectivity index (χ0) is 10.0. The number of rotatable bonds is 3. The predicted octanol–water partition coefficient (Wildman–Crippen LogP) is 1.27. The van der Waals surface area contributed by atoms with Gasteiger partial charge >= 0.3 is 0 Å². The molecule has 2 rings (SSSR count). The van der Waals surface area contributed by atoms with Crippen molar-refractivity contribution in [3.05, 3.63) is 29.8 Å². The maximum Gasteiger partial charge on any atom is 0.115 e. The second-order valence-corrected chi connectivity index (χ2v) is 4.01. The van der Waals surface area contributed by atoms with Gasteiger partial charge in [-0.25, -0.2) is 0 Å². The van der Waals surface area contributed by atoms with Crippen LogP contribution in [0.2, 0.25) is 0 Å². The van der Waals surface area contributed by atoms with E-state index in [0.29, 0.717) is 12.4 Å². The van der Waals surface area contributed by atoms with Crippen LogP contribution in [-0.2, 0) is 11.3 Å². The minimum absolute atomic E-state index is 0.00210. The zero-order valence-corrected chi connectivity index (χ0v) is 8.29. The molecule has 0 unspecified atom stereocenters. The quantitative estimate of drug-likeness (QED) is 0.759. The molecule has 3 heteroatoms. The summed E-state index contributed by atoms with van der Waals surface area (Å²) in [5.41, 5.74) is 1.09. The molecular formula is C11H15NO2. The fraction of sp³-hybridized carbons (Fsp3) is 0.455. The minimum atomic E-state index is -0.00210. The van der Waals surface area contributed by atoms with Crippen LogP contribution in [0.5, 0.6) is 5.75 Å². The summed E-state index contributed by atoms with van der Waals surface area (Å²) in [6.45, 7) is 4.55. The molecule has 1 heterocycles. The molecule has 0 spiro atoms. The number of hydrogen-bond acceptors (Lipinski definition) is 3. The van der Waals surface area contributed by atoms with E-state index in [0.717, 1.165) is 18.7 Å². The van der Waals surface area contributed by atoms with Crippen LogP contribution < -0.4 is 5.32 Å². The van der Waals surface area contributed by atoms with Gasteiger partial charge in [-0.2, -0.15) is 0 Å². The molecule has 0 bridgehead atoms. The normalized spacial score (nSPS) is 18.9. The molecule has 3 nitrogen and oxygen atoms in total. The highest BCUT2D eigenvalue weighted by Crippen LogP contribution is 2.18. The SMILES string of the molecule is CC1(OCc2ccc(O)cc2)CNC1. The summed E-state index contributed by atoms with van der Waals surface area (Å²) in [5.74, 6) is 0.297. The molecule has 0 aliphatic carbocycles. The third kappa shape index (κ3) is 2.05. The Morgan fingerprint density at radius 1 is 1.36 bits per heavy atom. The Morgan fingerprint density at radius 2 is 2.00 bits per heavy atom. The summed E-state index contributed by atoms with van der Waals surface area (Å²) in [7, 11) is 0. The van der Waals surface area contributed by atoms with Crippen LogP contribution >= 0.6 is 0 Å². The fourth-order valence-electron chi connectivity index (χ4n) is 1.43. The monoisotopic (exact) mass is 193 g/mol.